The van der Waals surface area contributed by atoms with Gasteiger partial charge in [0.2, 0.25) is 5.91 Å². The van der Waals surface area contributed by atoms with Crippen molar-refractivity contribution in [2.75, 3.05) is 11.9 Å². The number of hydrogen-bond acceptors (Lipinski definition) is 2. The second-order valence-electron chi connectivity index (χ2n) is 4.89. The number of rotatable bonds is 3. The van der Waals surface area contributed by atoms with Crippen LogP contribution >= 0.6 is 0 Å². The van der Waals surface area contributed by atoms with Crippen LogP contribution in [-0.4, -0.2) is 12.5 Å². The monoisotopic (exact) mass is 250 g/mol. The minimum Gasteiger partial charge on any atom is -0.330 e. The normalized spacial score (nSPS) is 23.7. The van der Waals surface area contributed by atoms with Gasteiger partial charge >= 0.3 is 0 Å². The maximum absolute atomic E-state index is 13.0. The van der Waals surface area contributed by atoms with Crippen LogP contribution in [-0.2, 0) is 4.79 Å². The number of carbonyl (C=O) groups is 1. The van der Waals surface area contributed by atoms with E-state index in [9.17, 15) is 9.18 Å². The Morgan fingerprint density at radius 2 is 2.17 bits per heavy atom. The highest BCUT2D eigenvalue weighted by Crippen LogP contribution is 2.30. The zero-order chi connectivity index (χ0) is 13.0. The molecule has 1 aromatic carbocycles. The lowest BCUT2D eigenvalue weighted by molar-refractivity contribution is -0.122. The minimum absolute atomic E-state index is 0.0317. The number of halogens is 1. The summed E-state index contributed by atoms with van der Waals surface area (Å²) in [5.74, 6) is -0.151. The SMILES string of the molecule is NCC1CCCCC1C(=O)Nc1cccc(F)c1. The second kappa shape index (κ2) is 5.96. The zero-order valence-corrected chi connectivity index (χ0v) is 10.4. The molecule has 0 aromatic heterocycles. The maximum Gasteiger partial charge on any atom is 0.227 e. The largest absolute Gasteiger partial charge is 0.330 e. The van der Waals surface area contributed by atoms with E-state index in [4.69, 9.17) is 5.73 Å². The standard InChI is InChI=1S/C14H19FN2O/c15-11-5-3-6-12(8-11)17-14(18)13-7-2-1-4-10(13)9-16/h3,5-6,8,10,13H,1-2,4,7,9,16H2,(H,17,18). The molecule has 1 aromatic rings. The molecular weight excluding hydrogens is 231 g/mol. The van der Waals surface area contributed by atoms with Gasteiger partial charge < -0.3 is 11.1 Å². The van der Waals surface area contributed by atoms with Gasteiger partial charge in [-0.1, -0.05) is 18.9 Å². The van der Waals surface area contributed by atoms with Gasteiger partial charge in [0.05, 0.1) is 0 Å². The quantitative estimate of drug-likeness (QED) is 0.866. The first-order chi connectivity index (χ1) is 8.70. The Balaban J connectivity index is 2.02. The van der Waals surface area contributed by atoms with Gasteiger partial charge in [0, 0.05) is 11.6 Å². The van der Waals surface area contributed by atoms with E-state index in [1.54, 1.807) is 12.1 Å². The molecule has 1 aliphatic carbocycles. The Labute approximate surface area is 107 Å². The first-order valence-corrected chi connectivity index (χ1v) is 6.47. The molecule has 0 heterocycles. The van der Waals surface area contributed by atoms with Crippen LogP contribution in [0.2, 0.25) is 0 Å². The lowest BCUT2D eigenvalue weighted by Crippen LogP contribution is -2.35. The number of nitrogens with two attached hydrogens (primary N) is 1. The van der Waals surface area contributed by atoms with Crippen molar-refractivity contribution in [3.63, 3.8) is 0 Å². The van der Waals surface area contributed by atoms with E-state index in [1.165, 1.54) is 12.1 Å². The molecule has 1 aliphatic rings. The predicted molar refractivity (Wildman–Crippen MR) is 69.5 cm³/mol. The van der Waals surface area contributed by atoms with Crippen molar-refractivity contribution in [1.82, 2.24) is 0 Å². The summed E-state index contributed by atoms with van der Waals surface area (Å²) in [5.41, 5.74) is 6.22. The fourth-order valence-electron chi connectivity index (χ4n) is 2.64. The summed E-state index contributed by atoms with van der Waals surface area (Å²) in [7, 11) is 0. The summed E-state index contributed by atoms with van der Waals surface area (Å²) < 4.78 is 13.0. The number of benzene rings is 1. The molecule has 1 saturated carbocycles. The molecule has 3 N–H and O–H groups in total. The molecule has 2 unspecified atom stereocenters. The van der Waals surface area contributed by atoms with Gasteiger partial charge in [-0.05, 0) is 43.5 Å². The molecule has 0 bridgehead atoms. The molecule has 1 amide bonds. The number of nitrogens with one attached hydrogen (secondary N) is 1. The lowest BCUT2D eigenvalue weighted by Gasteiger charge is -2.29. The number of carbonyl (C=O) groups excluding carboxylic acids is 1. The van der Waals surface area contributed by atoms with Crippen molar-refractivity contribution in [2.24, 2.45) is 17.6 Å². The van der Waals surface area contributed by atoms with Crippen molar-refractivity contribution in [1.29, 1.82) is 0 Å². The molecule has 0 spiro atoms. The number of anilines is 1. The van der Waals surface area contributed by atoms with Gasteiger partial charge in [-0.2, -0.15) is 0 Å². The Hall–Kier alpha value is -1.42. The maximum atomic E-state index is 13.0. The molecule has 0 saturated heterocycles. The molecule has 0 radical (unpaired) electrons. The van der Waals surface area contributed by atoms with E-state index in [-0.39, 0.29) is 23.6 Å². The minimum atomic E-state index is -0.341. The van der Waals surface area contributed by atoms with Crippen molar-refractivity contribution < 1.29 is 9.18 Å². The van der Waals surface area contributed by atoms with E-state index in [0.29, 0.717) is 12.2 Å². The third-order valence-electron chi connectivity index (χ3n) is 3.64. The molecule has 0 aliphatic heterocycles. The predicted octanol–water partition coefficient (Wildman–Crippen LogP) is 2.53. The Bertz CT molecular complexity index is 422. The van der Waals surface area contributed by atoms with E-state index in [1.807, 2.05) is 0 Å². The zero-order valence-electron chi connectivity index (χ0n) is 10.4. The highest BCUT2D eigenvalue weighted by atomic mass is 19.1. The topological polar surface area (TPSA) is 55.1 Å². The summed E-state index contributed by atoms with van der Waals surface area (Å²) in [6.45, 7) is 0.543. The van der Waals surface area contributed by atoms with Crippen LogP contribution in [0.25, 0.3) is 0 Å². The van der Waals surface area contributed by atoms with Gasteiger partial charge in [-0.3, -0.25) is 4.79 Å². The highest BCUT2D eigenvalue weighted by Gasteiger charge is 2.29. The third kappa shape index (κ3) is 3.07. The molecule has 98 valence electrons. The molecule has 18 heavy (non-hydrogen) atoms. The van der Waals surface area contributed by atoms with Gasteiger partial charge in [-0.15, -0.1) is 0 Å². The van der Waals surface area contributed by atoms with E-state index in [0.717, 1.165) is 25.7 Å². The van der Waals surface area contributed by atoms with Crippen LogP contribution in [0.3, 0.4) is 0 Å². The van der Waals surface area contributed by atoms with Crippen molar-refractivity contribution in [3.05, 3.63) is 30.1 Å². The molecule has 3 nitrogen and oxygen atoms in total. The average Bonchev–Trinajstić information content (AvgIpc) is 2.38. The molecule has 2 atom stereocenters. The molecule has 2 rings (SSSR count). The first-order valence-electron chi connectivity index (χ1n) is 6.47. The smallest absolute Gasteiger partial charge is 0.227 e. The van der Waals surface area contributed by atoms with E-state index in [2.05, 4.69) is 5.32 Å². The summed E-state index contributed by atoms with van der Waals surface area (Å²) in [4.78, 5) is 12.2. The van der Waals surface area contributed by atoms with Crippen LogP contribution in [0, 0.1) is 17.7 Å². The fraction of sp³-hybridized carbons (Fsp3) is 0.500. The van der Waals surface area contributed by atoms with E-state index < -0.39 is 0 Å². The van der Waals surface area contributed by atoms with Crippen LogP contribution in [0.5, 0.6) is 0 Å². The average molecular weight is 250 g/mol. The summed E-state index contributed by atoms with van der Waals surface area (Å²) in [6.07, 6.45) is 4.10. The second-order valence-corrected chi connectivity index (χ2v) is 4.89. The summed E-state index contributed by atoms with van der Waals surface area (Å²) in [6, 6.07) is 5.98. The van der Waals surface area contributed by atoms with Gasteiger partial charge in [0.25, 0.3) is 0 Å². The summed E-state index contributed by atoms with van der Waals surface area (Å²) >= 11 is 0. The third-order valence-corrected chi connectivity index (χ3v) is 3.64. The van der Waals surface area contributed by atoms with Crippen LogP contribution in [0.1, 0.15) is 25.7 Å². The number of hydrogen-bond donors (Lipinski definition) is 2. The van der Waals surface area contributed by atoms with Gasteiger partial charge in [-0.25, -0.2) is 4.39 Å². The van der Waals surface area contributed by atoms with Crippen LogP contribution in [0.15, 0.2) is 24.3 Å². The Morgan fingerprint density at radius 3 is 2.89 bits per heavy atom. The summed E-state index contributed by atoms with van der Waals surface area (Å²) in [5, 5.41) is 2.78. The first kappa shape index (κ1) is 13.0. The molecule has 1 fully saturated rings. The fourth-order valence-corrected chi connectivity index (χ4v) is 2.64. The Morgan fingerprint density at radius 1 is 1.39 bits per heavy atom. The Kier molecular flexibility index (Phi) is 4.31. The number of amides is 1. The van der Waals surface area contributed by atoms with Crippen LogP contribution < -0.4 is 11.1 Å². The molecular formula is C14H19FN2O. The van der Waals surface area contributed by atoms with Crippen molar-refractivity contribution in [2.45, 2.75) is 25.7 Å². The molecule has 4 heteroatoms. The van der Waals surface area contributed by atoms with Gasteiger partial charge in [0.15, 0.2) is 0 Å². The van der Waals surface area contributed by atoms with Crippen LogP contribution in [0.4, 0.5) is 10.1 Å². The van der Waals surface area contributed by atoms with Gasteiger partial charge in [0.1, 0.15) is 5.82 Å². The highest BCUT2D eigenvalue weighted by molar-refractivity contribution is 5.92. The van der Waals surface area contributed by atoms with E-state index >= 15 is 0 Å². The lowest BCUT2D eigenvalue weighted by atomic mass is 9.78. The van der Waals surface area contributed by atoms with Crippen molar-refractivity contribution in [3.8, 4) is 0 Å². The van der Waals surface area contributed by atoms with Crippen molar-refractivity contribution >= 4 is 11.6 Å².